The molecule has 1 aromatic heterocycles. The predicted molar refractivity (Wildman–Crippen MR) is 105 cm³/mol. The SMILES string of the molecule is CC(C)C[C@@H](c1nnnn1C(C)(C)C)N1CCN(c2ccc(F)cc2)CC1. The van der Waals surface area contributed by atoms with Gasteiger partial charge in [-0.25, -0.2) is 9.07 Å². The molecule has 1 aliphatic rings. The summed E-state index contributed by atoms with van der Waals surface area (Å²) in [6.45, 7) is 14.6. The number of benzene rings is 1. The first-order chi connectivity index (χ1) is 12.8. The van der Waals surface area contributed by atoms with E-state index in [2.05, 4.69) is 59.9 Å². The number of rotatable bonds is 5. The van der Waals surface area contributed by atoms with Crippen LogP contribution in [0.25, 0.3) is 0 Å². The minimum atomic E-state index is -0.191. The summed E-state index contributed by atoms with van der Waals surface area (Å²) in [5, 5.41) is 12.6. The predicted octanol–water partition coefficient (Wildman–Crippen LogP) is 3.48. The van der Waals surface area contributed by atoms with Gasteiger partial charge in [0.05, 0.1) is 11.6 Å². The molecule has 3 rings (SSSR count). The Labute approximate surface area is 161 Å². The Morgan fingerprint density at radius 3 is 2.22 bits per heavy atom. The minimum Gasteiger partial charge on any atom is -0.369 e. The molecule has 1 saturated heterocycles. The molecule has 2 aromatic rings. The minimum absolute atomic E-state index is 0.149. The summed E-state index contributed by atoms with van der Waals surface area (Å²) in [4.78, 5) is 4.81. The van der Waals surface area contributed by atoms with E-state index in [0.29, 0.717) is 5.92 Å². The van der Waals surface area contributed by atoms with Crippen LogP contribution in [0, 0.1) is 11.7 Å². The molecule has 7 heteroatoms. The second-order valence-corrected chi connectivity index (χ2v) is 8.76. The molecular formula is C20H31FN6. The van der Waals surface area contributed by atoms with Crippen molar-refractivity contribution in [3.63, 3.8) is 0 Å². The monoisotopic (exact) mass is 374 g/mol. The highest BCUT2D eigenvalue weighted by molar-refractivity contribution is 5.46. The van der Waals surface area contributed by atoms with Gasteiger partial charge in [0.25, 0.3) is 0 Å². The van der Waals surface area contributed by atoms with E-state index in [1.165, 1.54) is 12.1 Å². The van der Waals surface area contributed by atoms with Crippen molar-refractivity contribution in [1.82, 2.24) is 25.1 Å². The lowest BCUT2D eigenvalue weighted by Gasteiger charge is -2.40. The largest absolute Gasteiger partial charge is 0.369 e. The third-order valence-electron chi connectivity index (χ3n) is 5.07. The maximum absolute atomic E-state index is 13.2. The number of piperazine rings is 1. The molecular weight excluding hydrogens is 343 g/mol. The molecule has 0 radical (unpaired) electrons. The average molecular weight is 375 g/mol. The molecule has 1 aromatic carbocycles. The van der Waals surface area contributed by atoms with Crippen LogP contribution >= 0.6 is 0 Å². The van der Waals surface area contributed by atoms with Gasteiger partial charge in [0.1, 0.15) is 5.82 Å². The number of hydrogen-bond donors (Lipinski definition) is 0. The quantitative estimate of drug-likeness (QED) is 0.802. The first-order valence-electron chi connectivity index (χ1n) is 9.79. The third-order valence-corrected chi connectivity index (χ3v) is 5.07. The van der Waals surface area contributed by atoms with Crippen molar-refractivity contribution < 1.29 is 4.39 Å². The normalized spacial score (nSPS) is 17.5. The fourth-order valence-corrected chi connectivity index (χ4v) is 3.69. The fourth-order valence-electron chi connectivity index (χ4n) is 3.69. The Morgan fingerprint density at radius 2 is 1.67 bits per heavy atom. The first-order valence-corrected chi connectivity index (χ1v) is 9.79. The third kappa shape index (κ3) is 4.64. The van der Waals surface area contributed by atoms with Crippen molar-refractivity contribution in [2.45, 2.75) is 52.6 Å². The number of aromatic nitrogens is 4. The van der Waals surface area contributed by atoms with Gasteiger partial charge in [-0.2, -0.15) is 0 Å². The molecule has 1 fully saturated rings. The maximum Gasteiger partial charge on any atom is 0.168 e. The van der Waals surface area contributed by atoms with Gasteiger partial charge in [-0.1, -0.05) is 13.8 Å². The number of tetrazole rings is 1. The first kappa shape index (κ1) is 19.7. The van der Waals surface area contributed by atoms with Gasteiger partial charge in [-0.3, -0.25) is 4.90 Å². The van der Waals surface area contributed by atoms with E-state index < -0.39 is 0 Å². The van der Waals surface area contributed by atoms with E-state index in [1.54, 1.807) is 0 Å². The van der Waals surface area contributed by atoms with Crippen LogP contribution in [0.15, 0.2) is 24.3 Å². The summed E-state index contributed by atoms with van der Waals surface area (Å²) in [7, 11) is 0. The molecule has 2 heterocycles. The highest BCUT2D eigenvalue weighted by atomic mass is 19.1. The topological polar surface area (TPSA) is 50.1 Å². The summed E-state index contributed by atoms with van der Waals surface area (Å²) in [6.07, 6.45) is 1.02. The molecule has 1 aliphatic heterocycles. The second kappa shape index (κ2) is 7.92. The molecule has 0 saturated carbocycles. The molecule has 27 heavy (non-hydrogen) atoms. The lowest BCUT2D eigenvalue weighted by Crippen LogP contribution is -2.48. The van der Waals surface area contributed by atoms with Crippen molar-refractivity contribution in [3.8, 4) is 0 Å². The molecule has 0 bridgehead atoms. The van der Waals surface area contributed by atoms with Gasteiger partial charge in [0.2, 0.25) is 0 Å². The zero-order valence-electron chi connectivity index (χ0n) is 17.1. The average Bonchev–Trinajstić information content (AvgIpc) is 3.10. The maximum atomic E-state index is 13.2. The zero-order chi connectivity index (χ0) is 19.6. The molecule has 6 nitrogen and oxygen atoms in total. The van der Waals surface area contributed by atoms with Crippen molar-refractivity contribution in [3.05, 3.63) is 35.9 Å². The van der Waals surface area contributed by atoms with Crippen LogP contribution in [-0.4, -0.2) is 51.3 Å². The van der Waals surface area contributed by atoms with Gasteiger partial charge in [-0.05, 0) is 67.8 Å². The standard InChI is InChI=1S/C20H31FN6/c1-15(2)14-18(19-22-23-24-27(19)20(3,4)5)26-12-10-25(11-13-26)17-8-6-16(21)7-9-17/h6-9,15,18H,10-14H2,1-5H3/t18-/m0/s1. The summed E-state index contributed by atoms with van der Waals surface area (Å²) in [6, 6.07) is 6.98. The molecule has 0 unspecified atom stereocenters. The lowest BCUT2D eigenvalue weighted by atomic mass is 9.99. The van der Waals surface area contributed by atoms with Crippen molar-refractivity contribution in [1.29, 1.82) is 0 Å². The van der Waals surface area contributed by atoms with Gasteiger partial charge in [0.15, 0.2) is 5.82 Å². The highest BCUT2D eigenvalue weighted by Gasteiger charge is 2.32. The zero-order valence-corrected chi connectivity index (χ0v) is 17.1. The van der Waals surface area contributed by atoms with Crippen LogP contribution < -0.4 is 4.90 Å². The van der Waals surface area contributed by atoms with Crippen LogP contribution in [0.1, 0.15) is 52.9 Å². The van der Waals surface area contributed by atoms with Crippen LogP contribution in [-0.2, 0) is 5.54 Å². The van der Waals surface area contributed by atoms with Gasteiger partial charge in [0, 0.05) is 31.9 Å². The van der Waals surface area contributed by atoms with Gasteiger partial charge in [-0.15, -0.1) is 5.10 Å². The Morgan fingerprint density at radius 1 is 1.04 bits per heavy atom. The number of anilines is 1. The Balaban J connectivity index is 1.76. The van der Waals surface area contributed by atoms with Crippen molar-refractivity contribution in [2.24, 2.45) is 5.92 Å². The Bertz CT molecular complexity index is 726. The number of halogens is 1. The van der Waals surface area contributed by atoms with Crippen LogP contribution in [0.4, 0.5) is 10.1 Å². The van der Waals surface area contributed by atoms with Crippen LogP contribution in [0.2, 0.25) is 0 Å². The second-order valence-electron chi connectivity index (χ2n) is 8.76. The van der Waals surface area contributed by atoms with Crippen molar-refractivity contribution >= 4 is 5.69 Å². The smallest absolute Gasteiger partial charge is 0.168 e. The van der Waals surface area contributed by atoms with E-state index >= 15 is 0 Å². The summed E-state index contributed by atoms with van der Waals surface area (Å²) >= 11 is 0. The number of nitrogens with zero attached hydrogens (tertiary/aromatic N) is 6. The molecule has 0 N–H and O–H groups in total. The molecule has 0 spiro atoms. The van der Waals surface area contributed by atoms with E-state index in [0.717, 1.165) is 44.1 Å². The van der Waals surface area contributed by atoms with E-state index in [1.807, 2.05) is 16.8 Å². The fraction of sp³-hybridized carbons (Fsp3) is 0.650. The molecule has 0 amide bonds. The summed E-state index contributed by atoms with van der Waals surface area (Å²) < 4.78 is 15.2. The Kier molecular flexibility index (Phi) is 5.79. The van der Waals surface area contributed by atoms with E-state index in [4.69, 9.17) is 0 Å². The van der Waals surface area contributed by atoms with E-state index in [9.17, 15) is 4.39 Å². The molecule has 1 atom stereocenters. The number of hydrogen-bond acceptors (Lipinski definition) is 5. The molecule has 148 valence electrons. The summed E-state index contributed by atoms with van der Waals surface area (Å²) in [5.74, 6) is 1.31. The molecule has 0 aliphatic carbocycles. The van der Waals surface area contributed by atoms with Gasteiger partial charge < -0.3 is 4.90 Å². The highest BCUT2D eigenvalue weighted by Crippen LogP contribution is 2.30. The van der Waals surface area contributed by atoms with Crippen molar-refractivity contribution in [2.75, 3.05) is 31.1 Å². The summed E-state index contributed by atoms with van der Waals surface area (Å²) in [5.41, 5.74) is 0.931. The van der Waals surface area contributed by atoms with Gasteiger partial charge >= 0.3 is 0 Å². The lowest BCUT2D eigenvalue weighted by molar-refractivity contribution is 0.146. The van der Waals surface area contributed by atoms with Crippen LogP contribution in [0.3, 0.4) is 0 Å². The van der Waals surface area contributed by atoms with Crippen LogP contribution in [0.5, 0.6) is 0 Å². The van der Waals surface area contributed by atoms with E-state index in [-0.39, 0.29) is 17.4 Å². The Hall–Kier alpha value is -2.02.